The molecule has 96 valence electrons. The smallest absolute Gasteiger partial charge is 0.124 e. The van der Waals surface area contributed by atoms with Crippen LogP contribution in [0.1, 0.15) is 5.56 Å². The monoisotopic (exact) mass is 271 g/mol. The molecule has 2 aromatic carbocycles. The number of nitrogens with zero attached hydrogens (tertiary/aromatic N) is 1. The van der Waals surface area contributed by atoms with E-state index in [4.69, 9.17) is 4.74 Å². The van der Waals surface area contributed by atoms with Gasteiger partial charge in [-0.25, -0.2) is 4.98 Å². The molecule has 0 saturated heterocycles. The lowest BCUT2D eigenvalue weighted by Gasteiger charge is -2.00. The van der Waals surface area contributed by atoms with E-state index < -0.39 is 0 Å². The summed E-state index contributed by atoms with van der Waals surface area (Å²) in [5.74, 6) is 1.13. The molecule has 0 aliphatic rings. The van der Waals surface area contributed by atoms with Gasteiger partial charge in [0.1, 0.15) is 16.5 Å². The third kappa shape index (κ3) is 2.15. The number of phenolic OH excluding ortho intramolecular Hbond substituents is 1. The predicted molar refractivity (Wildman–Crippen MR) is 78.0 cm³/mol. The fourth-order valence-electron chi connectivity index (χ4n) is 1.90. The molecule has 3 nitrogen and oxygen atoms in total. The number of phenols is 1. The summed E-state index contributed by atoms with van der Waals surface area (Å²) in [4.78, 5) is 4.58. The molecule has 0 unspecified atom stereocenters. The molecule has 19 heavy (non-hydrogen) atoms. The molecule has 0 spiro atoms. The second kappa shape index (κ2) is 4.55. The maximum Gasteiger partial charge on any atom is 0.124 e. The number of aromatic hydroxyl groups is 1. The highest BCUT2D eigenvalue weighted by atomic mass is 32.1. The molecule has 0 saturated carbocycles. The maximum absolute atomic E-state index is 9.78. The quantitative estimate of drug-likeness (QED) is 0.766. The third-order valence-corrected chi connectivity index (χ3v) is 4.12. The number of aromatic nitrogens is 1. The van der Waals surface area contributed by atoms with Crippen molar-refractivity contribution in [1.29, 1.82) is 0 Å². The fourth-order valence-corrected chi connectivity index (χ4v) is 2.89. The van der Waals surface area contributed by atoms with E-state index in [1.54, 1.807) is 24.5 Å². The van der Waals surface area contributed by atoms with E-state index in [1.165, 1.54) is 0 Å². The van der Waals surface area contributed by atoms with Gasteiger partial charge in [-0.05, 0) is 36.8 Å². The highest BCUT2D eigenvalue weighted by Crippen LogP contribution is 2.34. The van der Waals surface area contributed by atoms with Gasteiger partial charge >= 0.3 is 0 Å². The van der Waals surface area contributed by atoms with E-state index >= 15 is 0 Å². The Morgan fingerprint density at radius 1 is 1.16 bits per heavy atom. The fraction of sp³-hybridized carbons (Fsp3) is 0.133. The van der Waals surface area contributed by atoms with Crippen molar-refractivity contribution in [2.75, 3.05) is 7.11 Å². The number of aryl methyl sites for hydroxylation is 1. The van der Waals surface area contributed by atoms with E-state index in [9.17, 15) is 5.11 Å². The van der Waals surface area contributed by atoms with E-state index in [2.05, 4.69) is 4.98 Å². The SMILES string of the molecule is COc1ccc2nc(-c3ccc(C)c(O)c3)sc2c1. The molecular formula is C15H13NO2S. The van der Waals surface area contributed by atoms with Gasteiger partial charge in [0, 0.05) is 5.56 Å². The Bertz CT molecular complexity index is 749. The molecule has 0 amide bonds. The van der Waals surface area contributed by atoms with Gasteiger partial charge in [-0.1, -0.05) is 12.1 Å². The molecule has 0 radical (unpaired) electrons. The van der Waals surface area contributed by atoms with E-state index in [1.807, 2.05) is 37.3 Å². The first-order valence-corrected chi connectivity index (χ1v) is 6.73. The molecule has 0 fully saturated rings. The van der Waals surface area contributed by atoms with Crippen LogP contribution in [0, 0.1) is 6.92 Å². The van der Waals surface area contributed by atoms with Gasteiger partial charge < -0.3 is 9.84 Å². The van der Waals surface area contributed by atoms with Crippen LogP contribution in [0.5, 0.6) is 11.5 Å². The van der Waals surface area contributed by atoms with Crippen LogP contribution >= 0.6 is 11.3 Å². The van der Waals surface area contributed by atoms with Crippen molar-refractivity contribution in [3.05, 3.63) is 42.0 Å². The van der Waals surface area contributed by atoms with Crippen LogP contribution in [0.25, 0.3) is 20.8 Å². The van der Waals surface area contributed by atoms with Crippen molar-refractivity contribution in [2.45, 2.75) is 6.92 Å². The van der Waals surface area contributed by atoms with E-state index in [0.717, 1.165) is 32.1 Å². The minimum atomic E-state index is 0.300. The van der Waals surface area contributed by atoms with Crippen LogP contribution in [-0.4, -0.2) is 17.2 Å². The van der Waals surface area contributed by atoms with Crippen molar-refractivity contribution in [3.8, 4) is 22.1 Å². The predicted octanol–water partition coefficient (Wildman–Crippen LogP) is 3.99. The molecule has 1 N–H and O–H groups in total. The number of hydrogen-bond donors (Lipinski definition) is 1. The molecule has 0 aliphatic heterocycles. The molecule has 4 heteroatoms. The van der Waals surface area contributed by atoms with Crippen LogP contribution in [0.4, 0.5) is 0 Å². The van der Waals surface area contributed by atoms with Gasteiger partial charge in [0.15, 0.2) is 0 Å². The Kier molecular flexibility index (Phi) is 2.87. The molecule has 0 aliphatic carbocycles. The molecule has 3 rings (SSSR count). The van der Waals surface area contributed by atoms with Gasteiger partial charge in [0.25, 0.3) is 0 Å². The highest BCUT2D eigenvalue weighted by Gasteiger charge is 2.08. The Morgan fingerprint density at radius 2 is 2.00 bits per heavy atom. The molecule has 0 bridgehead atoms. The zero-order valence-corrected chi connectivity index (χ0v) is 11.5. The average Bonchev–Trinajstić information content (AvgIpc) is 2.84. The van der Waals surface area contributed by atoms with Crippen LogP contribution < -0.4 is 4.74 Å². The van der Waals surface area contributed by atoms with Gasteiger partial charge in [0.2, 0.25) is 0 Å². The number of benzene rings is 2. The minimum Gasteiger partial charge on any atom is -0.508 e. The summed E-state index contributed by atoms with van der Waals surface area (Å²) in [5.41, 5.74) is 2.75. The maximum atomic E-state index is 9.78. The number of methoxy groups -OCH3 is 1. The van der Waals surface area contributed by atoms with Gasteiger partial charge in [0.05, 0.1) is 17.3 Å². The summed E-state index contributed by atoms with van der Waals surface area (Å²) in [5, 5.41) is 10.7. The van der Waals surface area contributed by atoms with Crippen LogP contribution in [0.15, 0.2) is 36.4 Å². The van der Waals surface area contributed by atoms with E-state index in [0.29, 0.717) is 5.75 Å². The highest BCUT2D eigenvalue weighted by molar-refractivity contribution is 7.21. The number of ether oxygens (including phenoxy) is 1. The zero-order chi connectivity index (χ0) is 13.4. The number of hydrogen-bond acceptors (Lipinski definition) is 4. The first kappa shape index (κ1) is 12.0. The Hall–Kier alpha value is -2.07. The van der Waals surface area contributed by atoms with Gasteiger partial charge in [-0.3, -0.25) is 0 Å². The van der Waals surface area contributed by atoms with Crippen LogP contribution in [-0.2, 0) is 0 Å². The van der Waals surface area contributed by atoms with Crippen molar-refractivity contribution < 1.29 is 9.84 Å². The second-order valence-electron chi connectivity index (χ2n) is 4.35. The molecule has 1 heterocycles. The summed E-state index contributed by atoms with van der Waals surface area (Å²) < 4.78 is 6.29. The Morgan fingerprint density at radius 3 is 2.74 bits per heavy atom. The minimum absolute atomic E-state index is 0.300. The first-order chi connectivity index (χ1) is 9.17. The largest absolute Gasteiger partial charge is 0.508 e. The summed E-state index contributed by atoms with van der Waals surface area (Å²) in [6.07, 6.45) is 0. The van der Waals surface area contributed by atoms with Crippen molar-refractivity contribution >= 4 is 21.6 Å². The first-order valence-electron chi connectivity index (χ1n) is 5.92. The summed E-state index contributed by atoms with van der Waals surface area (Å²) in [7, 11) is 1.65. The molecular weight excluding hydrogens is 258 g/mol. The molecule has 1 aromatic heterocycles. The topological polar surface area (TPSA) is 42.4 Å². The molecule has 0 atom stereocenters. The lowest BCUT2D eigenvalue weighted by molar-refractivity contribution is 0.415. The lowest BCUT2D eigenvalue weighted by atomic mass is 10.1. The summed E-state index contributed by atoms with van der Waals surface area (Å²) in [6.45, 7) is 1.88. The summed E-state index contributed by atoms with van der Waals surface area (Å²) >= 11 is 1.59. The van der Waals surface area contributed by atoms with E-state index in [-0.39, 0.29) is 0 Å². The molecule has 3 aromatic rings. The average molecular weight is 271 g/mol. The lowest BCUT2D eigenvalue weighted by Crippen LogP contribution is -1.80. The normalized spacial score (nSPS) is 10.8. The number of fused-ring (bicyclic) bond motifs is 1. The number of thiazole rings is 1. The second-order valence-corrected chi connectivity index (χ2v) is 5.38. The van der Waals surface area contributed by atoms with Gasteiger partial charge in [-0.15, -0.1) is 11.3 Å². The van der Waals surface area contributed by atoms with Crippen LogP contribution in [0.2, 0.25) is 0 Å². The van der Waals surface area contributed by atoms with Crippen molar-refractivity contribution in [1.82, 2.24) is 4.98 Å². The van der Waals surface area contributed by atoms with Gasteiger partial charge in [-0.2, -0.15) is 0 Å². The number of rotatable bonds is 2. The Labute approximate surface area is 115 Å². The van der Waals surface area contributed by atoms with Crippen molar-refractivity contribution in [2.24, 2.45) is 0 Å². The summed E-state index contributed by atoms with van der Waals surface area (Å²) in [6, 6.07) is 11.5. The Balaban J connectivity index is 2.11. The standard InChI is InChI=1S/C15H13NO2S/c1-9-3-4-10(7-13(9)17)15-16-12-6-5-11(18-2)8-14(12)19-15/h3-8,17H,1-2H3. The third-order valence-electron chi connectivity index (χ3n) is 3.05. The zero-order valence-electron chi connectivity index (χ0n) is 10.7. The van der Waals surface area contributed by atoms with Crippen molar-refractivity contribution in [3.63, 3.8) is 0 Å². The van der Waals surface area contributed by atoms with Crippen LogP contribution in [0.3, 0.4) is 0 Å².